The number of rotatable bonds is 27. The van der Waals surface area contributed by atoms with E-state index in [4.69, 9.17) is 0 Å². The number of hydrogen-bond donors (Lipinski definition) is 0. The molecule has 0 atom stereocenters. The van der Waals surface area contributed by atoms with Crippen LogP contribution in [-0.2, 0) is 14.4 Å². The summed E-state index contributed by atoms with van der Waals surface area (Å²) in [5, 5.41) is 30.1. The Morgan fingerprint density at radius 3 is 0.605 bits per heavy atom. The Morgan fingerprint density at radius 1 is 0.302 bits per heavy atom. The van der Waals surface area contributed by atoms with Crippen LogP contribution >= 0.6 is 0 Å². The van der Waals surface area contributed by atoms with Crippen molar-refractivity contribution in [2.45, 2.75) is 214 Å². The van der Waals surface area contributed by atoms with Gasteiger partial charge in [-0.05, 0) is 38.5 Å². The van der Waals surface area contributed by atoms with Crippen molar-refractivity contribution in [2.24, 2.45) is 0 Å². The van der Waals surface area contributed by atoms with Crippen molar-refractivity contribution in [1.29, 1.82) is 0 Å². The first-order valence-corrected chi connectivity index (χ1v) is 17.8. The summed E-state index contributed by atoms with van der Waals surface area (Å²) in [5.74, 6) is -2.74. The van der Waals surface area contributed by atoms with Crippen molar-refractivity contribution in [3.63, 3.8) is 0 Å². The van der Waals surface area contributed by atoms with E-state index in [0.29, 0.717) is 0 Å². The molecule has 0 spiro atoms. The van der Waals surface area contributed by atoms with Gasteiger partial charge in [-0.15, -0.1) is 0 Å². The van der Waals surface area contributed by atoms with Crippen LogP contribution in [0.2, 0.25) is 0 Å². The van der Waals surface area contributed by atoms with Gasteiger partial charge in [0, 0.05) is 17.9 Å². The summed E-state index contributed by atoms with van der Waals surface area (Å²) in [6.45, 7) is 11.0. The topological polar surface area (TPSA) is 120 Å². The van der Waals surface area contributed by atoms with Gasteiger partial charge in [-0.2, -0.15) is 0 Å². The third kappa shape index (κ3) is 74.5. The minimum atomic E-state index is -0.913. The third-order valence-electron chi connectivity index (χ3n) is 6.91. The van der Waals surface area contributed by atoms with Gasteiger partial charge in [0.05, 0.1) is 0 Å². The van der Waals surface area contributed by atoms with Crippen molar-refractivity contribution in [3.8, 4) is 0 Å². The Hall–Kier alpha value is -0.239. The molecule has 0 aromatic rings. The third-order valence-corrected chi connectivity index (χ3v) is 6.91. The molecule has 0 fully saturated rings. The second-order valence-electron chi connectivity index (χ2n) is 11.4. The molecular formula is C36H71NdO6. The first kappa shape index (κ1) is 52.3. The molecule has 0 aliphatic heterocycles. The van der Waals surface area contributed by atoms with Gasteiger partial charge < -0.3 is 29.7 Å². The van der Waals surface area contributed by atoms with Crippen LogP contribution in [0, 0.1) is 40.8 Å². The smallest absolute Gasteiger partial charge is 0.550 e. The number of carbonyl (C=O) groups is 3. The molecule has 0 aromatic heterocycles. The van der Waals surface area contributed by atoms with Gasteiger partial charge in [0.2, 0.25) is 0 Å². The van der Waals surface area contributed by atoms with Crippen LogP contribution < -0.4 is 15.3 Å². The molecule has 0 heterocycles. The van der Waals surface area contributed by atoms with Gasteiger partial charge in [0.15, 0.2) is 0 Å². The molecule has 0 aliphatic carbocycles. The average molecular weight is 744 g/mol. The Morgan fingerprint density at radius 2 is 0.442 bits per heavy atom. The predicted molar refractivity (Wildman–Crippen MR) is 173 cm³/mol. The summed E-state index contributed by atoms with van der Waals surface area (Å²) in [5.41, 5.74) is 0. The molecule has 0 saturated carbocycles. The van der Waals surface area contributed by atoms with Gasteiger partial charge in [-0.25, -0.2) is 0 Å². The van der Waals surface area contributed by atoms with Gasteiger partial charge in [0.1, 0.15) is 0 Å². The van der Waals surface area contributed by atoms with Gasteiger partial charge >= 0.3 is 40.8 Å². The molecule has 0 bridgehead atoms. The van der Waals surface area contributed by atoms with Crippen LogP contribution in [0.15, 0.2) is 0 Å². The molecule has 255 valence electrons. The van der Waals surface area contributed by atoms with Crippen LogP contribution in [0.3, 0.4) is 0 Å². The quantitative estimate of drug-likeness (QED) is 0.0783. The fourth-order valence-electron chi connectivity index (χ4n) is 4.18. The number of unbranched alkanes of at least 4 members (excludes halogenated alkanes) is 21. The molecular weight excluding hydrogens is 673 g/mol. The van der Waals surface area contributed by atoms with E-state index in [2.05, 4.69) is 34.6 Å². The van der Waals surface area contributed by atoms with E-state index in [1.54, 1.807) is 0 Å². The van der Waals surface area contributed by atoms with Crippen LogP contribution in [0.4, 0.5) is 0 Å². The molecule has 0 unspecified atom stereocenters. The van der Waals surface area contributed by atoms with Crippen LogP contribution in [0.25, 0.3) is 0 Å². The zero-order valence-corrected chi connectivity index (χ0v) is 32.5. The first-order valence-electron chi connectivity index (χ1n) is 17.8. The van der Waals surface area contributed by atoms with E-state index < -0.39 is 17.9 Å². The Kier molecular flexibility index (Phi) is 62.4. The monoisotopic (exact) mass is 741 g/mol. The minimum Gasteiger partial charge on any atom is -0.550 e. The van der Waals surface area contributed by atoms with E-state index in [9.17, 15) is 29.7 Å². The standard InChI is InChI=1S/3C10H20O2.C6H14.Nd/c3*1-2-3-4-5-6-7-8-9-10(11)12;1-3-5-6-4-2;/h3*2-9H2,1H3,(H,11,12);3-6H2,1-2H3;/q;;;;+3/p-3. The summed E-state index contributed by atoms with van der Waals surface area (Å²) >= 11 is 0. The molecule has 43 heavy (non-hydrogen) atoms. The molecule has 0 rings (SSSR count). The fraction of sp³-hybridized carbons (Fsp3) is 0.917. The van der Waals surface area contributed by atoms with E-state index in [-0.39, 0.29) is 60.1 Å². The van der Waals surface area contributed by atoms with Crippen molar-refractivity contribution < 1.29 is 70.5 Å². The van der Waals surface area contributed by atoms with E-state index >= 15 is 0 Å². The van der Waals surface area contributed by atoms with Crippen molar-refractivity contribution in [2.75, 3.05) is 0 Å². The predicted octanol–water partition coefficient (Wildman–Crippen LogP) is 8.22. The number of carboxylic acid groups (broad SMARTS) is 3. The van der Waals surface area contributed by atoms with Crippen LogP contribution in [0.5, 0.6) is 0 Å². The Bertz CT molecular complexity index is 457. The molecule has 1 radical (unpaired) electrons. The van der Waals surface area contributed by atoms with Gasteiger partial charge in [0.25, 0.3) is 0 Å². The summed E-state index contributed by atoms with van der Waals surface area (Å²) < 4.78 is 0. The van der Waals surface area contributed by atoms with E-state index in [1.165, 1.54) is 122 Å². The second kappa shape index (κ2) is 51.3. The zero-order chi connectivity index (χ0) is 32.5. The maximum atomic E-state index is 10.0. The number of carbonyl (C=O) groups excluding carboxylic acids is 3. The number of aliphatic carboxylic acids is 3. The molecule has 0 saturated heterocycles. The molecule has 0 amide bonds. The van der Waals surface area contributed by atoms with Gasteiger partial charge in [-0.3, -0.25) is 0 Å². The molecule has 0 N–H and O–H groups in total. The Balaban J connectivity index is -0.000000152. The summed E-state index contributed by atoms with van der Waals surface area (Å²) in [6, 6.07) is 0. The molecule has 6 nitrogen and oxygen atoms in total. The summed E-state index contributed by atoms with van der Waals surface area (Å²) in [4.78, 5) is 30.1. The SMILES string of the molecule is CCCCCC.CCCCCCCCCC(=O)[O-].CCCCCCCCCC(=O)[O-].CCCCCCCCCC(=O)[O-].[Nd+3]. The van der Waals surface area contributed by atoms with E-state index in [1.807, 2.05) is 0 Å². The van der Waals surface area contributed by atoms with Gasteiger partial charge in [-0.1, -0.05) is 176 Å². The average Bonchev–Trinajstić information content (AvgIpc) is 2.95. The van der Waals surface area contributed by atoms with Crippen molar-refractivity contribution in [3.05, 3.63) is 0 Å². The largest absolute Gasteiger partial charge is 3.00 e. The second-order valence-corrected chi connectivity index (χ2v) is 11.4. The number of hydrogen-bond acceptors (Lipinski definition) is 6. The maximum absolute atomic E-state index is 10.0. The van der Waals surface area contributed by atoms with Crippen molar-refractivity contribution >= 4 is 17.9 Å². The normalized spacial score (nSPS) is 9.70. The maximum Gasteiger partial charge on any atom is 3.00 e. The first-order chi connectivity index (χ1) is 20.2. The zero-order valence-electron chi connectivity index (χ0n) is 29.2. The molecule has 0 aromatic carbocycles. The molecule has 0 aliphatic rings. The number of carboxylic acids is 3. The molecule has 7 heteroatoms. The van der Waals surface area contributed by atoms with Crippen LogP contribution in [-0.4, -0.2) is 17.9 Å². The van der Waals surface area contributed by atoms with E-state index in [0.717, 1.165) is 38.5 Å². The van der Waals surface area contributed by atoms with Crippen molar-refractivity contribution in [1.82, 2.24) is 0 Å². The summed E-state index contributed by atoms with van der Waals surface area (Å²) in [6.07, 6.45) is 30.6. The minimum absolute atomic E-state index is 0. The Labute approximate surface area is 300 Å². The summed E-state index contributed by atoms with van der Waals surface area (Å²) in [7, 11) is 0. The fourth-order valence-corrected chi connectivity index (χ4v) is 4.18. The van der Waals surface area contributed by atoms with Crippen LogP contribution in [0.1, 0.15) is 214 Å².